The van der Waals surface area contributed by atoms with Crippen molar-refractivity contribution in [2.24, 2.45) is 0 Å². The highest BCUT2D eigenvalue weighted by Crippen LogP contribution is 2.32. The molecule has 132 valence electrons. The molecule has 2 aromatic rings. The largest absolute Gasteiger partial charge is 0.493 e. The normalized spacial score (nSPS) is 10.2. The number of benzene rings is 2. The molecule has 5 heteroatoms. The highest BCUT2D eigenvalue weighted by Gasteiger charge is 2.15. The molecule has 0 spiro atoms. The van der Waals surface area contributed by atoms with E-state index in [0.29, 0.717) is 22.9 Å². The average molecular weight is 340 g/mol. The van der Waals surface area contributed by atoms with Crippen LogP contribution < -0.4 is 14.8 Å². The maximum Gasteiger partial charge on any atom is 0.221 e. The minimum absolute atomic E-state index is 0.118. The molecule has 2 N–H and O–H groups in total. The second-order valence-electron chi connectivity index (χ2n) is 5.75. The molecule has 2 aromatic carbocycles. The minimum Gasteiger partial charge on any atom is -0.493 e. The Morgan fingerprint density at radius 3 is 2.20 bits per heavy atom. The summed E-state index contributed by atoms with van der Waals surface area (Å²) in [6, 6.07) is 11.1. The Hall–Kier alpha value is -2.82. The Bertz CT molecular complexity index is 767. The molecule has 0 atom stereocenters. The highest BCUT2D eigenvalue weighted by atomic mass is 16.5. The summed E-state index contributed by atoms with van der Waals surface area (Å²) >= 11 is 0. The van der Waals surface area contributed by atoms with Gasteiger partial charge in [0.2, 0.25) is 5.91 Å². The Morgan fingerprint density at radius 2 is 1.68 bits per heavy atom. The Kier molecular flexibility index (Phi) is 6.17. The van der Waals surface area contributed by atoms with Crippen molar-refractivity contribution >= 4 is 17.3 Å². The molecule has 0 radical (unpaired) electrons. The van der Waals surface area contributed by atoms with Gasteiger partial charge in [-0.05, 0) is 36.2 Å². The van der Waals surface area contributed by atoms with E-state index in [1.54, 1.807) is 26.4 Å². The summed E-state index contributed by atoms with van der Waals surface area (Å²) in [7, 11) is 3.20. The van der Waals surface area contributed by atoms with Crippen molar-refractivity contribution in [2.75, 3.05) is 19.5 Å². The van der Waals surface area contributed by atoms with Crippen LogP contribution in [0.2, 0.25) is 0 Å². The van der Waals surface area contributed by atoms with Crippen LogP contribution in [0.25, 0.3) is 0 Å². The maximum absolute atomic E-state index is 11.1. The molecule has 25 heavy (non-hydrogen) atoms. The van der Waals surface area contributed by atoms with Crippen LogP contribution in [0.3, 0.4) is 0 Å². The molecular weight excluding hydrogens is 316 g/mol. The molecule has 0 saturated carbocycles. The van der Waals surface area contributed by atoms with Gasteiger partial charge in [-0.2, -0.15) is 0 Å². The summed E-state index contributed by atoms with van der Waals surface area (Å²) in [5, 5.41) is 11.3. The quantitative estimate of drug-likeness (QED) is 0.748. The smallest absolute Gasteiger partial charge is 0.221 e. The molecule has 0 aliphatic heterocycles. The van der Waals surface area contributed by atoms with E-state index in [-0.39, 0.29) is 5.91 Å². The molecule has 0 heterocycles. The van der Waals surface area contributed by atoms with Gasteiger partial charge in [0.1, 0.15) is 0 Å². The molecule has 0 aromatic heterocycles. The van der Waals surface area contributed by atoms with Gasteiger partial charge >= 0.3 is 0 Å². The van der Waals surface area contributed by atoms with E-state index in [4.69, 9.17) is 14.9 Å². The van der Waals surface area contributed by atoms with Crippen LogP contribution in [-0.4, -0.2) is 25.8 Å². The number of nitrogens with one attached hydrogen (secondary N) is 2. The highest BCUT2D eigenvalue weighted by molar-refractivity contribution is 6.12. The van der Waals surface area contributed by atoms with Crippen LogP contribution in [0.4, 0.5) is 5.69 Å². The number of hydrogen-bond acceptors (Lipinski definition) is 4. The van der Waals surface area contributed by atoms with E-state index < -0.39 is 0 Å². The summed E-state index contributed by atoms with van der Waals surface area (Å²) in [6.07, 6.45) is 1.82. The maximum atomic E-state index is 11.1. The van der Waals surface area contributed by atoms with E-state index in [0.717, 1.165) is 29.5 Å². The third-order valence-electron chi connectivity index (χ3n) is 3.89. The van der Waals surface area contributed by atoms with Crippen LogP contribution >= 0.6 is 0 Å². The molecule has 2 rings (SSSR count). The van der Waals surface area contributed by atoms with Gasteiger partial charge in [0.05, 0.1) is 19.9 Å². The standard InChI is InChI=1S/C20H24N2O3/c1-5-6-15-11-18(24-3)19(25-4)12-17(15)20(21)14-7-9-16(10-8-14)22-13(2)23/h7-12,21H,5-6H2,1-4H3,(H,22,23). The van der Waals surface area contributed by atoms with Crippen LogP contribution in [0, 0.1) is 5.41 Å². The van der Waals surface area contributed by atoms with Gasteiger partial charge in [0.15, 0.2) is 11.5 Å². The first-order valence-corrected chi connectivity index (χ1v) is 8.22. The summed E-state index contributed by atoms with van der Waals surface area (Å²) in [5.74, 6) is 1.16. The van der Waals surface area contributed by atoms with Gasteiger partial charge in [-0.3, -0.25) is 10.2 Å². The van der Waals surface area contributed by atoms with E-state index in [2.05, 4.69) is 12.2 Å². The first kappa shape index (κ1) is 18.5. The topological polar surface area (TPSA) is 71.4 Å². The molecule has 1 amide bonds. The number of methoxy groups -OCH3 is 2. The van der Waals surface area contributed by atoms with Gasteiger partial charge in [0.25, 0.3) is 0 Å². The fraction of sp³-hybridized carbons (Fsp3) is 0.300. The Morgan fingerprint density at radius 1 is 1.08 bits per heavy atom. The van der Waals surface area contributed by atoms with E-state index in [1.807, 2.05) is 24.3 Å². The lowest BCUT2D eigenvalue weighted by atomic mass is 9.94. The fourth-order valence-corrected chi connectivity index (χ4v) is 2.71. The van der Waals surface area contributed by atoms with Crippen LogP contribution in [-0.2, 0) is 11.2 Å². The minimum atomic E-state index is -0.118. The van der Waals surface area contributed by atoms with Crippen molar-refractivity contribution in [3.8, 4) is 11.5 Å². The first-order chi connectivity index (χ1) is 12.0. The number of aryl methyl sites for hydroxylation is 1. The van der Waals surface area contributed by atoms with Crippen molar-refractivity contribution in [1.82, 2.24) is 0 Å². The predicted octanol–water partition coefficient (Wildman–Crippen LogP) is 4.03. The van der Waals surface area contributed by atoms with Crippen molar-refractivity contribution in [1.29, 1.82) is 5.41 Å². The van der Waals surface area contributed by atoms with Gasteiger partial charge in [-0.15, -0.1) is 0 Å². The number of anilines is 1. The fourth-order valence-electron chi connectivity index (χ4n) is 2.71. The number of carbonyl (C=O) groups excluding carboxylic acids is 1. The second kappa shape index (κ2) is 8.33. The number of ether oxygens (including phenoxy) is 2. The number of carbonyl (C=O) groups is 1. The van der Waals surface area contributed by atoms with Crippen molar-refractivity contribution in [3.05, 3.63) is 53.1 Å². The monoisotopic (exact) mass is 340 g/mol. The average Bonchev–Trinajstić information content (AvgIpc) is 2.61. The molecule has 0 fully saturated rings. The summed E-state index contributed by atoms with van der Waals surface area (Å²) in [6.45, 7) is 3.57. The van der Waals surface area contributed by atoms with Gasteiger partial charge in [-0.1, -0.05) is 25.5 Å². The van der Waals surface area contributed by atoms with Crippen LogP contribution in [0.15, 0.2) is 36.4 Å². The Labute approximate surface area is 148 Å². The summed E-state index contributed by atoms with van der Waals surface area (Å²) in [4.78, 5) is 11.1. The SMILES string of the molecule is CCCc1cc(OC)c(OC)cc1C(=N)c1ccc(NC(C)=O)cc1. The molecule has 5 nitrogen and oxygen atoms in total. The van der Waals surface area contributed by atoms with E-state index in [9.17, 15) is 4.79 Å². The third-order valence-corrected chi connectivity index (χ3v) is 3.89. The lowest BCUT2D eigenvalue weighted by Crippen LogP contribution is -2.09. The van der Waals surface area contributed by atoms with Crippen molar-refractivity contribution < 1.29 is 14.3 Å². The zero-order valence-corrected chi connectivity index (χ0v) is 15.1. The van der Waals surface area contributed by atoms with Gasteiger partial charge < -0.3 is 14.8 Å². The van der Waals surface area contributed by atoms with E-state index in [1.165, 1.54) is 6.92 Å². The van der Waals surface area contributed by atoms with Crippen molar-refractivity contribution in [3.63, 3.8) is 0 Å². The lowest BCUT2D eigenvalue weighted by molar-refractivity contribution is -0.114. The van der Waals surface area contributed by atoms with Gasteiger partial charge in [0, 0.05) is 23.7 Å². The third kappa shape index (κ3) is 4.38. The molecular formula is C20H24N2O3. The summed E-state index contributed by atoms with van der Waals surface area (Å²) in [5.41, 5.74) is 3.78. The second-order valence-corrected chi connectivity index (χ2v) is 5.75. The number of amides is 1. The van der Waals surface area contributed by atoms with Gasteiger partial charge in [-0.25, -0.2) is 0 Å². The summed E-state index contributed by atoms with van der Waals surface area (Å²) < 4.78 is 10.8. The molecule has 0 aliphatic carbocycles. The van der Waals surface area contributed by atoms with E-state index >= 15 is 0 Å². The molecule has 0 bridgehead atoms. The molecule has 0 unspecified atom stereocenters. The predicted molar refractivity (Wildman–Crippen MR) is 100 cm³/mol. The molecule has 0 saturated heterocycles. The zero-order valence-electron chi connectivity index (χ0n) is 15.1. The first-order valence-electron chi connectivity index (χ1n) is 8.22. The van der Waals surface area contributed by atoms with Crippen molar-refractivity contribution in [2.45, 2.75) is 26.7 Å². The zero-order chi connectivity index (χ0) is 18.4. The number of rotatable bonds is 7. The van der Waals surface area contributed by atoms with Crippen LogP contribution in [0.5, 0.6) is 11.5 Å². The number of hydrogen-bond donors (Lipinski definition) is 2. The Balaban J connectivity index is 2.41. The molecule has 0 aliphatic rings. The van der Waals surface area contributed by atoms with Crippen LogP contribution in [0.1, 0.15) is 37.0 Å². The lowest BCUT2D eigenvalue weighted by Gasteiger charge is -2.16.